The fraction of sp³-hybridized carbons (Fsp3) is 0.538. The summed E-state index contributed by atoms with van der Waals surface area (Å²) in [6.45, 7) is 5.11. The number of carboxylic acid groups (broad SMARTS) is 1. The summed E-state index contributed by atoms with van der Waals surface area (Å²) in [5, 5.41) is 19.3. The average molecular weight is 283 g/mol. The highest BCUT2D eigenvalue weighted by molar-refractivity contribution is 5.89. The maximum Gasteiger partial charge on any atom is 0.410 e. The molecule has 2 rings (SSSR count). The predicted octanol–water partition coefficient (Wildman–Crippen LogP) is 1.42. The lowest BCUT2D eigenvalue weighted by atomic mass is 9.89. The van der Waals surface area contributed by atoms with E-state index in [2.05, 4.69) is 0 Å². The van der Waals surface area contributed by atoms with Crippen molar-refractivity contribution in [1.82, 2.24) is 4.90 Å². The zero-order valence-corrected chi connectivity index (χ0v) is 11.5. The van der Waals surface area contributed by atoms with Crippen molar-refractivity contribution < 1.29 is 29.0 Å². The van der Waals surface area contributed by atoms with Gasteiger partial charge in [-0.3, -0.25) is 0 Å². The topological polar surface area (TPSA) is 100 Å². The summed E-state index contributed by atoms with van der Waals surface area (Å²) in [5.41, 5.74) is -2.20. The number of aromatic carboxylic acids is 1. The van der Waals surface area contributed by atoms with Gasteiger partial charge in [-0.25, -0.2) is 9.59 Å². The van der Waals surface area contributed by atoms with Gasteiger partial charge in [-0.1, -0.05) is 0 Å². The predicted molar refractivity (Wildman–Crippen MR) is 67.4 cm³/mol. The zero-order chi connectivity index (χ0) is 15.1. The Morgan fingerprint density at radius 1 is 1.40 bits per heavy atom. The summed E-state index contributed by atoms with van der Waals surface area (Å²) in [7, 11) is 0. The van der Waals surface area contributed by atoms with Gasteiger partial charge in [-0.15, -0.1) is 0 Å². The molecule has 1 saturated heterocycles. The van der Waals surface area contributed by atoms with E-state index in [4.69, 9.17) is 14.3 Å². The lowest BCUT2D eigenvalue weighted by Crippen LogP contribution is -2.62. The third kappa shape index (κ3) is 2.62. The molecule has 2 heterocycles. The molecule has 0 aromatic carbocycles. The van der Waals surface area contributed by atoms with Crippen LogP contribution in [0.3, 0.4) is 0 Å². The second-order valence-electron chi connectivity index (χ2n) is 5.84. The number of rotatable bonds is 2. The Balaban J connectivity index is 2.06. The van der Waals surface area contributed by atoms with Gasteiger partial charge in [0.2, 0.25) is 0 Å². The van der Waals surface area contributed by atoms with Crippen LogP contribution in [0.4, 0.5) is 4.79 Å². The van der Waals surface area contributed by atoms with Crippen LogP contribution < -0.4 is 0 Å². The number of aliphatic hydroxyl groups is 1. The molecule has 0 aliphatic carbocycles. The molecule has 20 heavy (non-hydrogen) atoms. The molecule has 110 valence electrons. The Morgan fingerprint density at radius 3 is 2.50 bits per heavy atom. The van der Waals surface area contributed by atoms with Crippen molar-refractivity contribution in [3.8, 4) is 0 Å². The quantitative estimate of drug-likeness (QED) is 0.851. The Hall–Kier alpha value is -2.02. The minimum atomic E-state index is -1.48. The molecule has 7 nitrogen and oxygen atoms in total. The van der Waals surface area contributed by atoms with E-state index >= 15 is 0 Å². The number of hydrogen-bond donors (Lipinski definition) is 2. The standard InChI is InChI=1S/C13H17NO6/c1-12(2,3)20-11(17)14-6-13(18,7-14)9-8(10(15)16)4-5-19-9/h4-5,18H,6-7H2,1-3H3,(H,15,16). The first-order chi connectivity index (χ1) is 9.12. The molecule has 0 spiro atoms. The average Bonchev–Trinajstić information content (AvgIpc) is 2.71. The van der Waals surface area contributed by atoms with E-state index in [1.807, 2.05) is 0 Å². The van der Waals surface area contributed by atoms with Gasteiger partial charge in [0, 0.05) is 0 Å². The number of ether oxygens (including phenoxy) is 1. The molecule has 1 aliphatic rings. The summed E-state index contributed by atoms with van der Waals surface area (Å²) >= 11 is 0. The maximum atomic E-state index is 11.8. The van der Waals surface area contributed by atoms with Crippen molar-refractivity contribution in [2.45, 2.75) is 32.0 Å². The van der Waals surface area contributed by atoms with Gasteiger partial charge in [0.15, 0.2) is 11.4 Å². The number of hydrogen-bond acceptors (Lipinski definition) is 5. The van der Waals surface area contributed by atoms with Gasteiger partial charge in [0.25, 0.3) is 0 Å². The molecular weight excluding hydrogens is 266 g/mol. The molecule has 0 radical (unpaired) electrons. The van der Waals surface area contributed by atoms with Crippen LogP contribution >= 0.6 is 0 Å². The van der Waals surface area contributed by atoms with Gasteiger partial charge >= 0.3 is 12.1 Å². The van der Waals surface area contributed by atoms with Gasteiger partial charge < -0.3 is 24.3 Å². The van der Waals surface area contributed by atoms with Crippen molar-refractivity contribution in [2.75, 3.05) is 13.1 Å². The Labute approximate surface area is 115 Å². The van der Waals surface area contributed by atoms with E-state index in [1.165, 1.54) is 17.2 Å². The van der Waals surface area contributed by atoms with Crippen LogP contribution in [0.5, 0.6) is 0 Å². The highest BCUT2D eigenvalue weighted by Gasteiger charge is 2.50. The molecule has 0 unspecified atom stereocenters. The first-order valence-corrected chi connectivity index (χ1v) is 6.14. The lowest BCUT2D eigenvalue weighted by molar-refractivity contribution is -0.115. The van der Waals surface area contributed by atoms with Gasteiger partial charge in [0.05, 0.1) is 19.4 Å². The summed E-state index contributed by atoms with van der Waals surface area (Å²) in [4.78, 5) is 24.1. The second kappa shape index (κ2) is 4.52. The Morgan fingerprint density at radius 2 is 2.00 bits per heavy atom. The number of carboxylic acids is 1. The van der Waals surface area contributed by atoms with Crippen LogP contribution in [0.2, 0.25) is 0 Å². The number of β-amino-alcohol motifs (C(OH)–C–C–N with tert-alkyl or cyclic N) is 1. The number of likely N-dealkylation sites (tertiary alicyclic amines) is 1. The van der Waals surface area contributed by atoms with Crippen LogP contribution in [-0.2, 0) is 10.3 Å². The van der Waals surface area contributed by atoms with Crippen LogP contribution in [0.1, 0.15) is 36.9 Å². The summed E-state index contributed by atoms with van der Waals surface area (Å²) in [6.07, 6.45) is 0.651. The lowest BCUT2D eigenvalue weighted by Gasteiger charge is -2.45. The first-order valence-electron chi connectivity index (χ1n) is 6.14. The Kier molecular flexibility index (Phi) is 3.25. The largest absolute Gasteiger partial charge is 0.478 e. The summed E-state index contributed by atoms with van der Waals surface area (Å²) in [6, 6.07) is 1.27. The number of carbonyl (C=O) groups excluding carboxylic acids is 1. The minimum absolute atomic E-state index is 0.0372. The van der Waals surface area contributed by atoms with Crippen LogP contribution in [0.25, 0.3) is 0 Å². The normalized spacial score (nSPS) is 17.5. The summed E-state index contributed by atoms with van der Waals surface area (Å²) in [5.74, 6) is -1.22. The number of carbonyl (C=O) groups is 2. The smallest absolute Gasteiger partial charge is 0.410 e. The number of nitrogens with zero attached hydrogens (tertiary/aromatic N) is 1. The van der Waals surface area contributed by atoms with E-state index in [-0.39, 0.29) is 24.4 Å². The highest BCUT2D eigenvalue weighted by atomic mass is 16.6. The molecule has 1 aromatic rings. The number of furan rings is 1. The molecule has 1 amide bonds. The Bertz CT molecular complexity index is 535. The molecule has 0 saturated carbocycles. The molecule has 1 aliphatic heterocycles. The van der Waals surface area contributed by atoms with E-state index < -0.39 is 23.3 Å². The van der Waals surface area contributed by atoms with Crippen molar-refractivity contribution in [3.63, 3.8) is 0 Å². The monoisotopic (exact) mass is 283 g/mol. The zero-order valence-electron chi connectivity index (χ0n) is 11.5. The third-order valence-electron chi connectivity index (χ3n) is 2.87. The molecule has 1 aromatic heterocycles. The van der Waals surface area contributed by atoms with Crippen LogP contribution in [0, 0.1) is 0 Å². The van der Waals surface area contributed by atoms with Crippen LogP contribution in [-0.4, -0.2) is 45.9 Å². The molecule has 0 bridgehead atoms. The SMILES string of the molecule is CC(C)(C)OC(=O)N1CC(O)(c2occc2C(=O)O)C1. The highest BCUT2D eigenvalue weighted by Crippen LogP contribution is 2.35. The minimum Gasteiger partial charge on any atom is -0.478 e. The van der Waals surface area contributed by atoms with Gasteiger partial charge in [-0.05, 0) is 26.8 Å². The fourth-order valence-electron chi connectivity index (χ4n) is 2.02. The van der Waals surface area contributed by atoms with E-state index in [0.29, 0.717) is 0 Å². The summed E-state index contributed by atoms with van der Waals surface area (Å²) < 4.78 is 10.2. The van der Waals surface area contributed by atoms with E-state index in [9.17, 15) is 14.7 Å². The third-order valence-corrected chi connectivity index (χ3v) is 2.87. The first kappa shape index (κ1) is 14.4. The van der Waals surface area contributed by atoms with Crippen LogP contribution in [0.15, 0.2) is 16.7 Å². The molecule has 2 N–H and O–H groups in total. The maximum absolute atomic E-state index is 11.8. The number of amides is 1. The second-order valence-corrected chi connectivity index (χ2v) is 5.84. The fourth-order valence-corrected chi connectivity index (χ4v) is 2.02. The molecule has 7 heteroatoms. The molecule has 0 atom stereocenters. The van der Waals surface area contributed by atoms with Crippen molar-refractivity contribution in [2.24, 2.45) is 0 Å². The molecule has 1 fully saturated rings. The van der Waals surface area contributed by atoms with E-state index in [1.54, 1.807) is 20.8 Å². The van der Waals surface area contributed by atoms with Gasteiger partial charge in [-0.2, -0.15) is 0 Å². The van der Waals surface area contributed by atoms with Crippen molar-refractivity contribution >= 4 is 12.1 Å². The molecular formula is C13H17NO6. The van der Waals surface area contributed by atoms with E-state index in [0.717, 1.165) is 0 Å². The van der Waals surface area contributed by atoms with Crippen molar-refractivity contribution in [1.29, 1.82) is 0 Å². The van der Waals surface area contributed by atoms with Gasteiger partial charge in [0.1, 0.15) is 11.2 Å². The van der Waals surface area contributed by atoms with Crippen molar-refractivity contribution in [3.05, 3.63) is 23.7 Å².